The molecule has 1 aromatic carbocycles. The van der Waals surface area contributed by atoms with Gasteiger partial charge in [-0.15, -0.1) is 0 Å². The Bertz CT molecular complexity index is 938. The van der Waals surface area contributed by atoms with Crippen molar-refractivity contribution in [3.05, 3.63) is 63.9 Å². The third-order valence-corrected chi connectivity index (χ3v) is 3.61. The summed E-state index contributed by atoms with van der Waals surface area (Å²) in [7, 11) is 1.52. The van der Waals surface area contributed by atoms with E-state index in [-0.39, 0.29) is 11.2 Å². The van der Waals surface area contributed by atoms with Crippen LogP contribution in [0.1, 0.15) is 22.1 Å². The van der Waals surface area contributed by atoms with E-state index in [0.29, 0.717) is 29.7 Å². The van der Waals surface area contributed by atoms with Crippen molar-refractivity contribution in [1.29, 1.82) is 0 Å². The van der Waals surface area contributed by atoms with E-state index < -0.39 is 5.91 Å². The van der Waals surface area contributed by atoms with Crippen LogP contribution in [0.3, 0.4) is 0 Å². The first-order valence-corrected chi connectivity index (χ1v) is 7.52. The topological polar surface area (TPSA) is 81.7 Å². The van der Waals surface area contributed by atoms with E-state index in [2.05, 4.69) is 5.32 Å². The summed E-state index contributed by atoms with van der Waals surface area (Å²) in [5, 5.41) is 3.12. The number of amides is 1. The number of methoxy groups -OCH3 is 1. The Morgan fingerprint density at radius 3 is 2.71 bits per heavy atom. The van der Waals surface area contributed by atoms with Gasteiger partial charge in [0.25, 0.3) is 5.91 Å². The molecule has 3 aromatic rings. The maximum Gasteiger partial charge on any atom is 0.287 e. The molecule has 0 spiro atoms. The first-order valence-electron chi connectivity index (χ1n) is 7.52. The first kappa shape index (κ1) is 15.9. The van der Waals surface area contributed by atoms with Crippen LogP contribution in [0.15, 0.2) is 50.0 Å². The average molecular weight is 327 g/mol. The largest absolute Gasteiger partial charge is 0.497 e. The summed E-state index contributed by atoms with van der Waals surface area (Å²) in [5.41, 5.74) is 0.0411. The molecule has 0 bridgehead atoms. The molecule has 6 nitrogen and oxygen atoms in total. The van der Waals surface area contributed by atoms with Gasteiger partial charge in [0.1, 0.15) is 22.9 Å². The van der Waals surface area contributed by atoms with Gasteiger partial charge in [0.2, 0.25) is 0 Å². The molecular formula is C18H17NO5. The number of nitrogens with one attached hydrogen (secondary N) is 1. The molecule has 0 atom stereocenters. The summed E-state index contributed by atoms with van der Waals surface area (Å²) in [5.74, 6) is 1.69. The fourth-order valence-corrected chi connectivity index (χ4v) is 2.38. The van der Waals surface area contributed by atoms with E-state index in [1.165, 1.54) is 13.2 Å². The molecule has 24 heavy (non-hydrogen) atoms. The lowest BCUT2D eigenvalue weighted by Gasteiger charge is -2.06. The van der Waals surface area contributed by atoms with E-state index in [1.54, 1.807) is 18.2 Å². The second kappa shape index (κ2) is 6.62. The number of ether oxygens (including phenoxy) is 1. The highest BCUT2D eigenvalue weighted by molar-refractivity contribution is 5.93. The van der Waals surface area contributed by atoms with Crippen LogP contribution in [0.4, 0.5) is 0 Å². The monoisotopic (exact) mass is 327 g/mol. The van der Waals surface area contributed by atoms with Crippen LogP contribution in [0.25, 0.3) is 11.0 Å². The number of carbonyl (C=O) groups is 1. The normalized spacial score (nSPS) is 10.8. The number of hydrogen-bond donors (Lipinski definition) is 1. The highest BCUT2D eigenvalue weighted by atomic mass is 16.5. The molecule has 0 aliphatic rings. The third kappa shape index (κ3) is 3.32. The zero-order valence-electron chi connectivity index (χ0n) is 13.4. The lowest BCUT2D eigenvalue weighted by molar-refractivity contribution is 0.0926. The van der Waals surface area contributed by atoms with Crippen LogP contribution < -0.4 is 15.5 Å². The van der Waals surface area contributed by atoms with Crippen LogP contribution in [-0.2, 0) is 6.42 Å². The number of furan rings is 1. The number of benzene rings is 1. The first-order chi connectivity index (χ1) is 11.6. The van der Waals surface area contributed by atoms with E-state index in [4.69, 9.17) is 13.6 Å². The lowest BCUT2D eigenvalue weighted by Crippen LogP contribution is -2.26. The van der Waals surface area contributed by atoms with E-state index in [9.17, 15) is 9.59 Å². The number of hydrogen-bond acceptors (Lipinski definition) is 5. The summed E-state index contributed by atoms with van der Waals surface area (Å²) in [6.07, 6.45) is 0.561. The maximum absolute atomic E-state index is 12.2. The molecule has 0 radical (unpaired) electrons. The Kier molecular flexibility index (Phi) is 4.37. The predicted octanol–water partition coefficient (Wildman–Crippen LogP) is 2.68. The summed E-state index contributed by atoms with van der Waals surface area (Å²) >= 11 is 0. The lowest BCUT2D eigenvalue weighted by atomic mass is 10.2. The van der Waals surface area contributed by atoms with Gasteiger partial charge in [0, 0.05) is 25.1 Å². The second-order valence-electron chi connectivity index (χ2n) is 5.36. The highest BCUT2D eigenvalue weighted by Gasteiger charge is 2.13. The Balaban J connectivity index is 1.75. The van der Waals surface area contributed by atoms with Gasteiger partial charge < -0.3 is 18.9 Å². The summed E-state index contributed by atoms with van der Waals surface area (Å²) in [4.78, 5) is 24.3. The molecule has 124 valence electrons. The predicted molar refractivity (Wildman–Crippen MR) is 88.5 cm³/mol. The van der Waals surface area contributed by atoms with Crippen molar-refractivity contribution in [2.24, 2.45) is 0 Å². The van der Waals surface area contributed by atoms with Gasteiger partial charge in [-0.1, -0.05) is 0 Å². The van der Waals surface area contributed by atoms with Crippen molar-refractivity contribution in [1.82, 2.24) is 5.32 Å². The summed E-state index contributed by atoms with van der Waals surface area (Å²) in [6, 6.07) is 9.79. The van der Waals surface area contributed by atoms with Crippen LogP contribution in [0.2, 0.25) is 0 Å². The second-order valence-corrected chi connectivity index (χ2v) is 5.36. The minimum atomic E-state index is -0.444. The summed E-state index contributed by atoms with van der Waals surface area (Å²) < 4.78 is 16.1. The van der Waals surface area contributed by atoms with Crippen LogP contribution in [0, 0.1) is 6.92 Å². The fourth-order valence-electron chi connectivity index (χ4n) is 2.38. The maximum atomic E-state index is 12.2. The molecule has 0 unspecified atom stereocenters. The number of rotatable bonds is 5. The third-order valence-electron chi connectivity index (χ3n) is 3.61. The van der Waals surface area contributed by atoms with E-state index >= 15 is 0 Å². The van der Waals surface area contributed by atoms with Gasteiger partial charge in [0.15, 0.2) is 11.2 Å². The van der Waals surface area contributed by atoms with Gasteiger partial charge in [-0.05, 0) is 31.2 Å². The zero-order valence-corrected chi connectivity index (χ0v) is 13.4. The molecule has 3 rings (SSSR count). The van der Waals surface area contributed by atoms with Gasteiger partial charge in [0.05, 0.1) is 12.5 Å². The molecular weight excluding hydrogens is 310 g/mol. The van der Waals surface area contributed by atoms with Crippen molar-refractivity contribution in [3.63, 3.8) is 0 Å². The summed E-state index contributed by atoms with van der Waals surface area (Å²) in [6.45, 7) is 2.24. The van der Waals surface area contributed by atoms with E-state index in [0.717, 1.165) is 11.5 Å². The van der Waals surface area contributed by atoms with Gasteiger partial charge in [-0.3, -0.25) is 9.59 Å². The van der Waals surface area contributed by atoms with Crippen molar-refractivity contribution >= 4 is 16.9 Å². The highest BCUT2D eigenvalue weighted by Crippen LogP contribution is 2.19. The molecule has 6 heteroatoms. The minimum absolute atomic E-state index is 0.0311. The van der Waals surface area contributed by atoms with Crippen LogP contribution >= 0.6 is 0 Å². The molecule has 1 amide bonds. The average Bonchev–Trinajstić information content (AvgIpc) is 2.99. The molecule has 0 fully saturated rings. The zero-order chi connectivity index (χ0) is 17.1. The van der Waals surface area contributed by atoms with Crippen LogP contribution in [0.5, 0.6) is 5.75 Å². The SMILES string of the molecule is COc1ccc2c(=O)cc(C(=O)NCCc3ccc(C)o3)oc2c1. The van der Waals surface area contributed by atoms with Gasteiger partial charge in [-0.2, -0.15) is 0 Å². The molecule has 0 saturated carbocycles. The molecule has 1 N–H and O–H groups in total. The molecule has 0 saturated heterocycles. The smallest absolute Gasteiger partial charge is 0.287 e. The number of fused-ring (bicyclic) bond motifs is 1. The Morgan fingerprint density at radius 2 is 2.00 bits per heavy atom. The standard InChI is InChI=1S/C18H17NO5/c1-11-3-4-12(23-11)7-8-19-18(21)17-10-15(20)14-6-5-13(22-2)9-16(14)24-17/h3-6,9-10H,7-8H2,1-2H3,(H,19,21). The van der Waals surface area contributed by atoms with Crippen molar-refractivity contribution in [2.75, 3.05) is 13.7 Å². The molecule has 0 aliphatic heterocycles. The van der Waals surface area contributed by atoms with Crippen LogP contribution in [-0.4, -0.2) is 19.6 Å². The minimum Gasteiger partial charge on any atom is -0.497 e. The Morgan fingerprint density at radius 1 is 1.17 bits per heavy atom. The van der Waals surface area contributed by atoms with Crippen molar-refractivity contribution in [3.8, 4) is 5.75 Å². The van der Waals surface area contributed by atoms with Gasteiger partial charge in [-0.25, -0.2) is 0 Å². The Hall–Kier alpha value is -3.02. The Labute approximate surface area is 138 Å². The molecule has 2 aromatic heterocycles. The number of carbonyl (C=O) groups excluding carboxylic acids is 1. The quantitative estimate of drug-likeness (QED) is 0.779. The molecule has 0 aliphatic carbocycles. The van der Waals surface area contributed by atoms with Gasteiger partial charge >= 0.3 is 0 Å². The number of aryl methyl sites for hydroxylation is 1. The fraction of sp³-hybridized carbons (Fsp3) is 0.222. The van der Waals surface area contributed by atoms with Crippen molar-refractivity contribution < 1.29 is 18.4 Å². The van der Waals surface area contributed by atoms with Crippen molar-refractivity contribution in [2.45, 2.75) is 13.3 Å². The molecule has 2 heterocycles. The van der Waals surface area contributed by atoms with E-state index in [1.807, 2.05) is 19.1 Å².